The van der Waals surface area contributed by atoms with Crippen LogP contribution < -0.4 is 4.72 Å². The third kappa shape index (κ3) is 3.28. The molecule has 100 valence electrons. The number of sulfonamides is 1. The van der Waals surface area contributed by atoms with E-state index in [4.69, 9.17) is 5.11 Å². The van der Waals surface area contributed by atoms with Crippen LogP contribution in [0.5, 0.6) is 0 Å². The van der Waals surface area contributed by atoms with Crippen molar-refractivity contribution in [2.75, 3.05) is 7.11 Å². The van der Waals surface area contributed by atoms with E-state index in [0.717, 1.165) is 7.11 Å². The fraction of sp³-hybridized carbons (Fsp3) is 0.333. The summed E-state index contributed by atoms with van der Waals surface area (Å²) in [4.78, 5) is 21.6. The average Bonchev–Trinajstić information content (AvgIpc) is 2.77. The first kappa shape index (κ1) is 14.6. The highest BCUT2D eigenvalue weighted by atomic mass is 32.2. The monoisotopic (exact) mass is 293 g/mol. The van der Waals surface area contributed by atoms with Gasteiger partial charge in [-0.2, -0.15) is 4.72 Å². The maximum absolute atomic E-state index is 11.8. The van der Waals surface area contributed by atoms with Crippen molar-refractivity contribution in [2.45, 2.75) is 17.2 Å². The van der Waals surface area contributed by atoms with Crippen LogP contribution in [-0.4, -0.2) is 38.6 Å². The molecule has 7 nitrogen and oxygen atoms in total. The van der Waals surface area contributed by atoms with Crippen LogP contribution in [0.3, 0.4) is 0 Å². The first-order valence-corrected chi connectivity index (χ1v) is 7.01. The van der Waals surface area contributed by atoms with Crippen molar-refractivity contribution >= 4 is 33.3 Å². The smallest absolute Gasteiger partial charge is 0.345 e. The Kier molecular flexibility index (Phi) is 4.43. The standard InChI is InChI=1S/C9H11NO6S2/c1-5(9(13)16-2)10-18(14,15)7-4-3-6(17-7)8(11)12/h3-5,10H,1-2H3,(H,11,12)/t5-/m0/s1. The summed E-state index contributed by atoms with van der Waals surface area (Å²) in [5, 5.41) is 8.69. The molecule has 0 spiro atoms. The molecule has 0 fully saturated rings. The van der Waals surface area contributed by atoms with Gasteiger partial charge in [0.15, 0.2) is 0 Å². The predicted molar refractivity (Wildman–Crippen MR) is 63.1 cm³/mol. The fourth-order valence-corrected chi connectivity index (χ4v) is 3.45. The van der Waals surface area contributed by atoms with Crippen LogP contribution in [0.2, 0.25) is 0 Å². The molecule has 1 aromatic rings. The summed E-state index contributed by atoms with van der Waals surface area (Å²) >= 11 is 0.607. The van der Waals surface area contributed by atoms with Gasteiger partial charge in [-0.15, -0.1) is 11.3 Å². The third-order valence-electron chi connectivity index (χ3n) is 1.94. The Bertz CT molecular complexity index is 561. The molecule has 0 saturated heterocycles. The van der Waals surface area contributed by atoms with Crippen molar-refractivity contribution < 1.29 is 27.9 Å². The lowest BCUT2D eigenvalue weighted by molar-refractivity contribution is -0.142. The number of carboxylic acid groups (broad SMARTS) is 1. The molecule has 0 aliphatic carbocycles. The molecule has 0 radical (unpaired) electrons. The van der Waals surface area contributed by atoms with E-state index in [2.05, 4.69) is 9.46 Å². The van der Waals surface area contributed by atoms with E-state index < -0.39 is 28.0 Å². The zero-order valence-electron chi connectivity index (χ0n) is 9.54. The van der Waals surface area contributed by atoms with Crippen LogP contribution in [0, 0.1) is 0 Å². The van der Waals surface area contributed by atoms with E-state index in [0.29, 0.717) is 11.3 Å². The molecule has 0 aliphatic heterocycles. The lowest BCUT2D eigenvalue weighted by Crippen LogP contribution is -2.38. The zero-order chi connectivity index (χ0) is 13.9. The summed E-state index contributed by atoms with van der Waals surface area (Å²) in [6.45, 7) is 1.33. The van der Waals surface area contributed by atoms with Gasteiger partial charge in [-0.3, -0.25) is 4.79 Å². The summed E-state index contributed by atoms with van der Waals surface area (Å²) in [6.07, 6.45) is 0. The number of hydrogen-bond donors (Lipinski definition) is 2. The third-order valence-corrected chi connectivity index (χ3v) is 5.05. The van der Waals surface area contributed by atoms with Gasteiger partial charge in [-0.1, -0.05) is 0 Å². The Morgan fingerprint density at radius 3 is 2.50 bits per heavy atom. The Balaban J connectivity index is 2.92. The van der Waals surface area contributed by atoms with E-state index >= 15 is 0 Å². The maximum atomic E-state index is 11.8. The van der Waals surface area contributed by atoms with E-state index in [1.807, 2.05) is 0 Å². The number of carbonyl (C=O) groups excluding carboxylic acids is 1. The van der Waals surface area contributed by atoms with Crippen LogP contribution in [0.25, 0.3) is 0 Å². The molecule has 1 rings (SSSR count). The highest BCUT2D eigenvalue weighted by Crippen LogP contribution is 2.21. The van der Waals surface area contributed by atoms with Gasteiger partial charge in [0.25, 0.3) is 10.0 Å². The van der Waals surface area contributed by atoms with Crippen molar-refractivity contribution in [1.29, 1.82) is 0 Å². The van der Waals surface area contributed by atoms with Crippen molar-refractivity contribution in [3.63, 3.8) is 0 Å². The van der Waals surface area contributed by atoms with E-state index in [1.54, 1.807) is 0 Å². The number of ether oxygens (including phenoxy) is 1. The van der Waals surface area contributed by atoms with Gasteiger partial charge >= 0.3 is 11.9 Å². The molecule has 1 aromatic heterocycles. The Morgan fingerprint density at radius 2 is 2.06 bits per heavy atom. The number of rotatable bonds is 5. The van der Waals surface area contributed by atoms with Crippen molar-refractivity contribution in [3.8, 4) is 0 Å². The fourth-order valence-electron chi connectivity index (χ4n) is 1.10. The number of aromatic carboxylic acids is 1. The normalized spacial score (nSPS) is 13.0. The van der Waals surface area contributed by atoms with Crippen LogP contribution in [0.4, 0.5) is 0 Å². The van der Waals surface area contributed by atoms with Crippen molar-refractivity contribution in [3.05, 3.63) is 17.0 Å². The largest absolute Gasteiger partial charge is 0.477 e. The number of hydrogen-bond acceptors (Lipinski definition) is 6. The zero-order valence-corrected chi connectivity index (χ0v) is 11.2. The minimum absolute atomic E-state index is 0.0962. The predicted octanol–water partition coefficient (Wildman–Crippen LogP) is 0.286. The summed E-state index contributed by atoms with van der Waals surface area (Å²) in [5.74, 6) is -1.93. The first-order chi connectivity index (χ1) is 8.27. The molecule has 0 bridgehead atoms. The number of thiophene rings is 1. The molecule has 0 aromatic carbocycles. The maximum Gasteiger partial charge on any atom is 0.345 e. The van der Waals surface area contributed by atoms with E-state index in [9.17, 15) is 18.0 Å². The summed E-state index contributed by atoms with van der Waals surface area (Å²) in [7, 11) is -2.78. The van der Waals surface area contributed by atoms with Gasteiger partial charge in [0, 0.05) is 0 Å². The summed E-state index contributed by atoms with van der Waals surface area (Å²) < 4.78 is 29.9. The van der Waals surface area contributed by atoms with Crippen LogP contribution in [0.1, 0.15) is 16.6 Å². The molecule has 1 heterocycles. The second kappa shape index (κ2) is 5.46. The van der Waals surface area contributed by atoms with Gasteiger partial charge in [0.05, 0.1) is 7.11 Å². The van der Waals surface area contributed by atoms with Gasteiger partial charge in [-0.25, -0.2) is 13.2 Å². The Labute approximate surface area is 107 Å². The van der Waals surface area contributed by atoms with E-state index in [1.165, 1.54) is 19.1 Å². The van der Waals surface area contributed by atoms with Gasteiger partial charge < -0.3 is 9.84 Å². The molecular weight excluding hydrogens is 282 g/mol. The highest BCUT2D eigenvalue weighted by molar-refractivity contribution is 7.91. The van der Waals surface area contributed by atoms with Crippen molar-refractivity contribution in [1.82, 2.24) is 4.72 Å². The topological polar surface area (TPSA) is 110 Å². The Morgan fingerprint density at radius 1 is 1.44 bits per heavy atom. The molecule has 9 heteroatoms. The Hall–Kier alpha value is -1.45. The molecule has 0 saturated carbocycles. The molecule has 0 unspecified atom stereocenters. The van der Waals surface area contributed by atoms with Gasteiger partial charge in [0.1, 0.15) is 15.1 Å². The molecule has 0 amide bonds. The second-order valence-corrected chi connectivity index (χ2v) is 6.31. The number of methoxy groups -OCH3 is 1. The molecule has 2 N–H and O–H groups in total. The minimum atomic E-state index is -3.92. The molecule has 1 atom stereocenters. The SMILES string of the molecule is COC(=O)[C@H](C)NS(=O)(=O)c1ccc(C(=O)O)s1. The number of nitrogens with one attached hydrogen (secondary N) is 1. The van der Waals surface area contributed by atoms with Crippen LogP contribution in [-0.2, 0) is 19.6 Å². The van der Waals surface area contributed by atoms with Gasteiger partial charge in [0.2, 0.25) is 0 Å². The van der Waals surface area contributed by atoms with E-state index in [-0.39, 0.29) is 9.09 Å². The van der Waals surface area contributed by atoms with Crippen LogP contribution in [0.15, 0.2) is 16.3 Å². The molecule has 0 aliphatic rings. The van der Waals surface area contributed by atoms with Crippen LogP contribution >= 0.6 is 11.3 Å². The minimum Gasteiger partial charge on any atom is -0.477 e. The number of carbonyl (C=O) groups is 2. The highest BCUT2D eigenvalue weighted by Gasteiger charge is 2.24. The quantitative estimate of drug-likeness (QED) is 0.755. The summed E-state index contributed by atoms with van der Waals surface area (Å²) in [5.41, 5.74) is 0. The average molecular weight is 293 g/mol. The number of carboxylic acids is 1. The molecular formula is C9H11NO6S2. The lowest BCUT2D eigenvalue weighted by atomic mass is 10.4. The van der Waals surface area contributed by atoms with Crippen molar-refractivity contribution in [2.24, 2.45) is 0 Å². The number of esters is 1. The first-order valence-electron chi connectivity index (χ1n) is 4.71. The molecule has 18 heavy (non-hydrogen) atoms. The van der Waals surface area contributed by atoms with Gasteiger partial charge in [-0.05, 0) is 19.1 Å². The summed E-state index contributed by atoms with van der Waals surface area (Å²) in [6, 6.07) is 1.31. The lowest BCUT2D eigenvalue weighted by Gasteiger charge is -2.10. The second-order valence-electron chi connectivity index (χ2n) is 3.29.